The monoisotopic (exact) mass is 329 g/mol. The molecule has 0 heterocycles. The fourth-order valence-electron chi connectivity index (χ4n) is 2.96. The van der Waals surface area contributed by atoms with Gasteiger partial charge in [0.15, 0.2) is 0 Å². The summed E-state index contributed by atoms with van der Waals surface area (Å²) in [6, 6.07) is 26.2. The van der Waals surface area contributed by atoms with Gasteiger partial charge in [-0.05, 0) is 54.3 Å². The molecule has 0 radical (unpaired) electrons. The second kappa shape index (κ2) is 7.80. The van der Waals surface area contributed by atoms with Crippen molar-refractivity contribution in [2.45, 2.75) is 20.3 Å². The highest BCUT2D eigenvalue weighted by atomic mass is 16.2. The second-order valence-electron chi connectivity index (χ2n) is 6.24. The van der Waals surface area contributed by atoms with E-state index in [-0.39, 0.29) is 5.91 Å². The van der Waals surface area contributed by atoms with Crippen LogP contribution >= 0.6 is 0 Å². The number of nitrogens with zero attached hydrogens (tertiary/aromatic N) is 1. The molecule has 0 fully saturated rings. The number of anilines is 1. The molecule has 3 aromatic carbocycles. The number of hydrogen-bond donors (Lipinski definition) is 0. The van der Waals surface area contributed by atoms with Crippen LogP contribution in [0.3, 0.4) is 0 Å². The Kier molecular flexibility index (Phi) is 5.30. The van der Waals surface area contributed by atoms with Gasteiger partial charge in [-0.2, -0.15) is 0 Å². The van der Waals surface area contributed by atoms with Crippen molar-refractivity contribution in [3.05, 3.63) is 90.0 Å². The average Bonchev–Trinajstić information content (AvgIpc) is 2.66. The first kappa shape index (κ1) is 17.0. The number of rotatable bonds is 5. The summed E-state index contributed by atoms with van der Waals surface area (Å²) in [4.78, 5) is 14.9. The van der Waals surface area contributed by atoms with E-state index in [2.05, 4.69) is 25.1 Å². The highest BCUT2D eigenvalue weighted by Crippen LogP contribution is 2.22. The molecular weight excluding hydrogens is 306 g/mol. The minimum Gasteiger partial charge on any atom is -0.308 e. The lowest BCUT2D eigenvalue weighted by Crippen LogP contribution is -2.31. The topological polar surface area (TPSA) is 20.3 Å². The van der Waals surface area contributed by atoms with E-state index in [1.54, 1.807) is 0 Å². The first-order valence-corrected chi connectivity index (χ1v) is 8.73. The third kappa shape index (κ3) is 3.97. The summed E-state index contributed by atoms with van der Waals surface area (Å²) >= 11 is 0. The number of aryl methyl sites for hydroxylation is 1. The number of amides is 1. The van der Waals surface area contributed by atoms with Crippen molar-refractivity contribution in [1.29, 1.82) is 0 Å². The molecule has 0 saturated carbocycles. The third-order valence-electron chi connectivity index (χ3n) is 4.24. The van der Waals surface area contributed by atoms with Crippen molar-refractivity contribution >= 4 is 11.6 Å². The highest BCUT2D eigenvalue weighted by Gasteiger charge is 2.17. The van der Waals surface area contributed by atoms with Gasteiger partial charge in [0.2, 0.25) is 0 Å². The summed E-state index contributed by atoms with van der Waals surface area (Å²) < 4.78 is 0. The van der Waals surface area contributed by atoms with E-state index < -0.39 is 0 Å². The van der Waals surface area contributed by atoms with Crippen LogP contribution < -0.4 is 4.90 Å². The largest absolute Gasteiger partial charge is 0.308 e. The zero-order valence-electron chi connectivity index (χ0n) is 14.8. The first-order valence-electron chi connectivity index (χ1n) is 8.73. The predicted octanol–water partition coefficient (Wildman–Crippen LogP) is 5.72. The molecule has 0 atom stereocenters. The lowest BCUT2D eigenvalue weighted by atomic mass is 10.0. The van der Waals surface area contributed by atoms with Crippen LogP contribution in [0.25, 0.3) is 11.1 Å². The minimum atomic E-state index is 0.0482. The standard InChI is InChI=1S/C23H23NO/c1-3-16-24(22-11-7-8-18(2)17-22)23(25)21-14-12-20(13-15-21)19-9-5-4-6-10-19/h4-15,17H,3,16H2,1-2H3. The SMILES string of the molecule is CCCN(C(=O)c1ccc(-c2ccccc2)cc1)c1cccc(C)c1. The lowest BCUT2D eigenvalue weighted by molar-refractivity contribution is 0.0987. The van der Waals surface area contributed by atoms with Crippen molar-refractivity contribution in [2.24, 2.45) is 0 Å². The van der Waals surface area contributed by atoms with Gasteiger partial charge in [-0.1, -0.05) is 61.5 Å². The number of carbonyl (C=O) groups excluding carboxylic acids is 1. The summed E-state index contributed by atoms with van der Waals surface area (Å²) in [7, 11) is 0. The fourth-order valence-corrected chi connectivity index (χ4v) is 2.96. The molecule has 2 heteroatoms. The third-order valence-corrected chi connectivity index (χ3v) is 4.24. The van der Waals surface area contributed by atoms with Gasteiger partial charge in [0, 0.05) is 17.8 Å². The molecule has 3 rings (SSSR count). The van der Waals surface area contributed by atoms with Crippen LogP contribution in [0.5, 0.6) is 0 Å². The smallest absolute Gasteiger partial charge is 0.258 e. The minimum absolute atomic E-state index is 0.0482. The van der Waals surface area contributed by atoms with E-state index in [1.165, 1.54) is 0 Å². The summed E-state index contributed by atoms with van der Waals surface area (Å²) in [5.41, 5.74) is 5.11. The summed E-state index contributed by atoms with van der Waals surface area (Å²) in [6.45, 7) is 4.85. The number of hydrogen-bond acceptors (Lipinski definition) is 1. The Labute approximate surface area is 149 Å². The Morgan fingerprint density at radius 2 is 1.52 bits per heavy atom. The van der Waals surface area contributed by atoms with E-state index in [0.29, 0.717) is 6.54 Å². The maximum absolute atomic E-state index is 13.0. The molecule has 0 bridgehead atoms. The van der Waals surface area contributed by atoms with Crippen LogP contribution in [-0.2, 0) is 0 Å². The molecule has 0 aliphatic carbocycles. The van der Waals surface area contributed by atoms with E-state index in [9.17, 15) is 4.79 Å². The van der Waals surface area contributed by atoms with Gasteiger partial charge in [0.05, 0.1) is 0 Å². The second-order valence-corrected chi connectivity index (χ2v) is 6.24. The Hall–Kier alpha value is -2.87. The van der Waals surface area contributed by atoms with Crippen LogP contribution in [-0.4, -0.2) is 12.5 Å². The zero-order chi connectivity index (χ0) is 17.6. The Balaban J connectivity index is 1.87. The van der Waals surface area contributed by atoms with Crippen LogP contribution in [0, 0.1) is 6.92 Å². The van der Waals surface area contributed by atoms with E-state index in [0.717, 1.165) is 34.4 Å². The van der Waals surface area contributed by atoms with Gasteiger partial charge in [-0.15, -0.1) is 0 Å². The van der Waals surface area contributed by atoms with Gasteiger partial charge in [0.25, 0.3) is 5.91 Å². The molecular formula is C23H23NO. The molecule has 1 amide bonds. The molecule has 0 spiro atoms. The van der Waals surface area contributed by atoms with Crippen LogP contribution in [0.4, 0.5) is 5.69 Å². The average molecular weight is 329 g/mol. The molecule has 2 nitrogen and oxygen atoms in total. The molecule has 0 unspecified atom stereocenters. The predicted molar refractivity (Wildman–Crippen MR) is 105 cm³/mol. The van der Waals surface area contributed by atoms with E-state index in [4.69, 9.17) is 0 Å². The molecule has 126 valence electrons. The van der Waals surface area contributed by atoms with Gasteiger partial charge in [-0.3, -0.25) is 4.79 Å². The summed E-state index contributed by atoms with van der Waals surface area (Å²) in [5, 5.41) is 0. The molecule has 3 aromatic rings. The first-order chi connectivity index (χ1) is 12.2. The molecule has 0 aliphatic rings. The number of benzene rings is 3. The molecule has 0 saturated heterocycles. The quantitative estimate of drug-likeness (QED) is 0.586. The van der Waals surface area contributed by atoms with Crippen molar-refractivity contribution in [3.8, 4) is 11.1 Å². The summed E-state index contributed by atoms with van der Waals surface area (Å²) in [5.74, 6) is 0.0482. The lowest BCUT2D eigenvalue weighted by Gasteiger charge is -2.23. The van der Waals surface area contributed by atoms with Crippen LogP contribution in [0.15, 0.2) is 78.9 Å². The Morgan fingerprint density at radius 1 is 0.840 bits per heavy atom. The molecule has 0 aromatic heterocycles. The van der Waals surface area contributed by atoms with Gasteiger partial charge >= 0.3 is 0 Å². The highest BCUT2D eigenvalue weighted by molar-refractivity contribution is 6.06. The Morgan fingerprint density at radius 3 is 2.16 bits per heavy atom. The Bertz CT molecular complexity index is 837. The van der Waals surface area contributed by atoms with E-state index in [1.807, 2.05) is 72.5 Å². The molecule has 0 N–H and O–H groups in total. The van der Waals surface area contributed by atoms with Crippen LogP contribution in [0.2, 0.25) is 0 Å². The van der Waals surface area contributed by atoms with Gasteiger partial charge < -0.3 is 4.90 Å². The van der Waals surface area contributed by atoms with Crippen LogP contribution in [0.1, 0.15) is 29.3 Å². The van der Waals surface area contributed by atoms with Crippen molar-refractivity contribution in [1.82, 2.24) is 0 Å². The van der Waals surface area contributed by atoms with E-state index >= 15 is 0 Å². The normalized spacial score (nSPS) is 10.5. The summed E-state index contributed by atoms with van der Waals surface area (Å²) in [6.07, 6.45) is 0.918. The maximum Gasteiger partial charge on any atom is 0.258 e. The van der Waals surface area contributed by atoms with Crippen molar-refractivity contribution < 1.29 is 4.79 Å². The van der Waals surface area contributed by atoms with Crippen molar-refractivity contribution in [2.75, 3.05) is 11.4 Å². The van der Waals surface area contributed by atoms with Gasteiger partial charge in [-0.25, -0.2) is 0 Å². The fraction of sp³-hybridized carbons (Fsp3) is 0.174. The maximum atomic E-state index is 13.0. The molecule has 25 heavy (non-hydrogen) atoms. The number of carbonyl (C=O) groups is 1. The van der Waals surface area contributed by atoms with Gasteiger partial charge in [0.1, 0.15) is 0 Å². The van der Waals surface area contributed by atoms with Crippen molar-refractivity contribution in [3.63, 3.8) is 0 Å². The zero-order valence-corrected chi connectivity index (χ0v) is 14.8. The molecule has 0 aliphatic heterocycles.